The summed E-state index contributed by atoms with van der Waals surface area (Å²) in [5, 5.41) is 104. The molecule has 0 aliphatic rings. The van der Waals surface area contributed by atoms with Crippen LogP contribution in [0.5, 0.6) is 0 Å². The van der Waals surface area contributed by atoms with Gasteiger partial charge in [0.25, 0.3) is 0 Å². The van der Waals surface area contributed by atoms with Gasteiger partial charge in [0.15, 0.2) is 12.2 Å². The first-order chi connectivity index (χ1) is 11.8. The Bertz CT molecular complexity index is 389. The second kappa shape index (κ2) is 18.0. The van der Waals surface area contributed by atoms with Gasteiger partial charge in [-0.05, 0) is 0 Å². The van der Waals surface area contributed by atoms with Gasteiger partial charge in [-0.1, -0.05) is 0 Å². The summed E-state index contributed by atoms with van der Waals surface area (Å²) in [5.41, 5.74) is 0. The number of carboxylic acids is 2. The zero-order valence-corrected chi connectivity index (χ0v) is 22.7. The topological polar surface area (TPSA) is 277 Å². The van der Waals surface area contributed by atoms with Crippen molar-refractivity contribution in [3.05, 3.63) is 0 Å². The van der Waals surface area contributed by atoms with Crippen molar-refractivity contribution >= 4 is 59.8 Å². The summed E-state index contributed by atoms with van der Waals surface area (Å²) in [6.45, 7) is -1.69. The average molecular weight is 634 g/mol. The van der Waals surface area contributed by atoms with Gasteiger partial charge >= 0.3 is 59.8 Å². The van der Waals surface area contributed by atoms with Gasteiger partial charge in [-0.2, -0.15) is 0 Å². The summed E-state index contributed by atoms with van der Waals surface area (Å²) in [5.74, 6) is -3.45. The maximum atomic E-state index is 10.1. The van der Waals surface area contributed by atoms with Gasteiger partial charge in [-0.25, -0.2) is 9.59 Å². The molecule has 168 valence electrons. The molecule has 16 heteroatoms. The third-order valence-corrected chi connectivity index (χ3v) is 3.02. The van der Waals surface area contributed by atoms with Crippen LogP contribution in [0, 0.1) is 0 Å². The molecule has 8 atom stereocenters. The quantitative estimate of drug-likeness (QED) is 0.0996. The van der Waals surface area contributed by atoms with Crippen molar-refractivity contribution in [2.75, 3.05) is 13.2 Å². The van der Waals surface area contributed by atoms with E-state index >= 15 is 0 Å². The number of aliphatic hydroxyl groups is 10. The molecule has 0 rings (SSSR count). The van der Waals surface area contributed by atoms with Gasteiger partial charge in [0.2, 0.25) is 0 Å². The molecule has 28 heavy (non-hydrogen) atoms. The number of carboxylic acid groups (broad SMARTS) is 2. The molecule has 0 aromatic rings. The first-order valence-corrected chi connectivity index (χ1v) is 6.95. The van der Waals surface area contributed by atoms with E-state index in [1.54, 1.807) is 0 Å². The molecule has 0 spiro atoms. The molecule has 0 aliphatic heterocycles. The van der Waals surface area contributed by atoms with E-state index in [1.807, 2.05) is 0 Å². The third kappa shape index (κ3) is 12.6. The minimum atomic E-state index is -2.20. The van der Waals surface area contributed by atoms with E-state index in [0.717, 1.165) is 0 Å². The second-order valence-electron chi connectivity index (χ2n) is 5.03. The molecule has 4 radical (unpaired) electrons. The first-order valence-electron chi connectivity index (χ1n) is 6.95. The molecule has 0 saturated heterocycles. The summed E-state index contributed by atoms with van der Waals surface area (Å²) in [6.07, 6.45) is -15.7. The second-order valence-corrected chi connectivity index (χ2v) is 5.03. The van der Waals surface area contributed by atoms with Gasteiger partial charge in [-0.15, -0.1) is 0 Å². The van der Waals surface area contributed by atoms with Gasteiger partial charge in [0, 0.05) is 0 Å². The first kappa shape index (κ1) is 35.6. The van der Waals surface area contributed by atoms with E-state index in [4.69, 9.17) is 61.3 Å². The van der Waals surface area contributed by atoms with E-state index in [2.05, 4.69) is 0 Å². The van der Waals surface area contributed by atoms with Crippen LogP contribution in [0.2, 0.25) is 0 Å². The SMILES string of the molecule is O=C(O)[C@H](O)[C@@H](O)[C@H](O)[C@H](O)CO.O=C(O)[C@H](O)[C@@H](O)[C@H](O)[C@H](O)CO.[SnH2].[SnH2]. The monoisotopic (exact) mass is 636 g/mol. The number of hydrogen-bond donors (Lipinski definition) is 12. The zero-order valence-electron chi connectivity index (χ0n) is 14.6. The van der Waals surface area contributed by atoms with E-state index in [9.17, 15) is 9.59 Å². The van der Waals surface area contributed by atoms with Crippen LogP contribution >= 0.6 is 0 Å². The molecule has 0 amide bonds. The Morgan fingerprint density at radius 2 is 0.750 bits per heavy atom. The van der Waals surface area contributed by atoms with Gasteiger partial charge in [0.05, 0.1) is 13.2 Å². The van der Waals surface area contributed by atoms with E-state index < -0.39 is 74.0 Å². The van der Waals surface area contributed by atoms with E-state index in [1.165, 1.54) is 0 Å². The van der Waals surface area contributed by atoms with Crippen molar-refractivity contribution in [2.45, 2.75) is 48.8 Å². The summed E-state index contributed by atoms with van der Waals surface area (Å²) in [6, 6.07) is 0. The van der Waals surface area contributed by atoms with Crippen LogP contribution in [0.25, 0.3) is 0 Å². The van der Waals surface area contributed by atoms with Crippen molar-refractivity contribution in [3.8, 4) is 0 Å². The Balaban J connectivity index is -0.000000192. The molecule has 0 aromatic heterocycles. The minimum absolute atomic E-state index is 0. The molecule has 0 heterocycles. The number of hydrogen-bond acceptors (Lipinski definition) is 12. The molecule has 0 unspecified atom stereocenters. The number of aliphatic hydroxyl groups excluding tert-OH is 10. The normalized spacial score (nSPS) is 18.9. The average Bonchev–Trinajstić information content (AvgIpc) is 2.62. The Kier molecular flexibility index (Phi) is 22.8. The molecule has 12 N–H and O–H groups in total. The van der Waals surface area contributed by atoms with Crippen LogP contribution in [0.3, 0.4) is 0 Å². The van der Waals surface area contributed by atoms with Crippen LogP contribution in [0.4, 0.5) is 0 Å². The molecule has 0 saturated carbocycles. The Labute approximate surface area is 192 Å². The summed E-state index contributed by atoms with van der Waals surface area (Å²) < 4.78 is 0. The van der Waals surface area contributed by atoms with Crippen LogP contribution in [-0.2, 0) is 9.59 Å². The molecular weight excluding hydrogens is 606 g/mol. The van der Waals surface area contributed by atoms with Crippen LogP contribution in [0.1, 0.15) is 0 Å². The van der Waals surface area contributed by atoms with Gasteiger partial charge < -0.3 is 61.3 Å². The maximum absolute atomic E-state index is 10.1. The molecule has 0 fully saturated rings. The van der Waals surface area contributed by atoms with Crippen molar-refractivity contribution in [2.24, 2.45) is 0 Å². The van der Waals surface area contributed by atoms with Crippen LogP contribution in [0.15, 0.2) is 0 Å². The molecule has 14 nitrogen and oxygen atoms in total. The zero-order chi connectivity index (χ0) is 21.2. The summed E-state index contributed by atoms with van der Waals surface area (Å²) >= 11 is 0. The number of carbonyl (C=O) groups is 2. The van der Waals surface area contributed by atoms with Crippen LogP contribution < -0.4 is 0 Å². The number of rotatable bonds is 10. The van der Waals surface area contributed by atoms with Gasteiger partial charge in [-0.3, -0.25) is 0 Å². The fraction of sp³-hybridized carbons (Fsp3) is 0.833. The molecule has 0 aromatic carbocycles. The van der Waals surface area contributed by atoms with Gasteiger partial charge in [0.1, 0.15) is 36.6 Å². The molecule has 0 aliphatic carbocycles. The fourth-order valence-corrected chi connectivity index (χ4v) is 1.34. The standard InChI is InChI=1S/2C6H12O7.2Sn.4H/c2*7-1-2(8)3(9)4(10)5(11)6(12)13;;;;;;/h2*2-5,7-11H,1H2,(H,12,13);;;;;;/t2*2-,3-,4+,5-;;;;;;/m11....../s1. The Hall–Kier alpha value is 0.137. The van der Waals surface area contributed by atoms with E-state index in [-0.39, 0.29) is 47.8 Å². The Morgan fingerprint density at radius 3 is 0.893 bits per heavy atom. The van der Waals surface area contributed by atoms with Crippen molar-refractivity contribution in [1.29, 1.82) is 0 Å². The fourth-order valence-electron chi connectivity index (χ4n) is 1.34. The predicted octanol–water partition coefficient (Wildman–Crippen LogP) is -8.82. The Morgan fingerprint density at radius 1 is 0.536 bits per heavy atom. The van der Waals surface area contributed by atoms with E-state index in [0.29, 0.717) is 0 Å². The van der Waals surface area contributed by atoms with Crippen molar-refractivity contribution in [1.82, 2.24) is 0 Å². The van der Waals surface area contributed by atoms with Crippen molar-refractivity contribution in [3.63, 3.8) is 0 Å². The third-order valence-electron chi connectivity index (χ3n) is 3.02. The summed E-state index contributed by atoms with van der Waals surface area (Å²) in [7, 11) is 0. The summed E-state index contributed by atoms with van der Waals surface area (Å²) in [4.78, 5) is 20.2. The number of aliphatic carboxylic acids is 2. The molecule has 0 bridgehead atoms. The van der Waals surface area contributed by atoms with Crippen molar-refractivity contribution < 1.29 is 70.9 Å². The van der Waals surface area contributed by atoms with Crippen LogP contribution in [-0.4, -0.2) is 183 Å². The molecular formula is C12H28O14Sn2. The predicted molar refractivity (Wildman–Crippen MR) is 94.6 cm³/mol.